The van der Waals surface area contributed by atoms with Crippen LogP contribution in [0.15, 0.2) is 0 Å². The van der Waals surface area contributed by atoms with Crippen LogP contribution in [0.1, 0.15) is 27.2 Å². The third-order valence-corrected chi connectivity index (χ3v) is 5.32. The van der Waals surface area contributed by atoms with Crippen molar-refractivity contribution in [3.8, 4) is 0 Å². The van der Waals surface area contributed by atoms with Gasteiger partial charge in [0.15, 0.2) is 0 Å². The van der Waals surface area contributed by atoms with Crippen LogP contribution in [0.4, 0.5) is 0 Å². The summed E-state index contributed by atoms with van der Waals surface area (Å²) in [5, 5.41) is 0. The lowest BCUT2D eigenvalue weighted by atomic mass is 9.88. The largest absolute Gasteiger partial charge is 0.400 e. The second-order valence-electron chi connectivity index (χ2n) is 5.40. The Bertz CT molecular complexity index is 399. The van der Waals surface area contributed by atoms with Crippen molar-refractivity contribution in [1.82, 2.24) is 0 Å². The van der Waals surface area contributed by atoms with Gasteiger partial charge in [0.1, 0.15) is 11.7 Å². The molecule has 3 fully saturated rings. The van der Waals surface area contributed by atoms with Crippen LogP contribution in [-0.2, 0) is 18.8 Å². The lowest BCUT2D eigenvalue weighted by molar-refractivity contribution is 0.0373. The second kappa shape index (κ2) is 2.03. The van der Waals surface area contributed by atoms with Gasteiger partial charge >= 0.3 is 10.4 Å². The number of hydrogen-bond acceptors (Lipinski definition) is 4. The topological polar surface area (TPSA) is 52.6 Å². The molecule has 2 aliphatic carbocycles. The molecule has 1 aliphatic heterocycles. The Balaban J connectivity index is 2.00. The monoisotopic (exact) mass is 218 g/mol. The van der Waals surface area contributed by atoms with Crippen LogP contribution in [0.3, 0.4) is 0 Å². The quantitative estimate of drug-likeness (QED) is 0.610. The molecule has 3 aliphatic rings. The maximum atomic E-state index is 11.2. The van der Waals surface area contributed by atoms with Crippen molar-refractivity contribution < 1.29 is 16.8 Å². The molecule has 1 heterocycles. The van der Waals surface area contributed by atoms with E-state index in [0.29, 0.717) is 11.8 Å². The van der Waals surface area contributed by atoms with Crippen LogP contribution in [0.25, 0.3) is 0 Å². The molecule has 4 unspecified atom stereocenters. The van der Waals surface area contributed by atoms with Crippen LogP contribution in [-0.4, -0.2) is 20.1 Å². The van der Waals surface area contributed by atoms with Gasteiger partial charge in [0.25, 0.3) is 0 Å². The fourth-order valence-corrected chi connectivity index (χ4v) is 4.85. The summed E-state index contributed by atoms with van der Waals surface area (Å²) in [6.07, 6.45) is 0.559. The molecule has 0 aromatic rings. The van der Waals surface area contributed by atoms with Crippen molar-refractivity contribution in [2.75, 3.05) is 0 Å². The van der Waals surface area contributed by atoms with E-state index in [4.69, 9.17) is 8.37 Å². The molecule has 2 saturated carbocycles. The zero-order valence-corrected chi connectivity index (χ0v) is 9.30. The first-order chi connectivity index (χ1) is 6.27. The van der Waals surface area contributed by atoms with Gasteiger partial charge in [0.05, 0.1) is 0 Å². The van der Waals surface area contributed by atoms with Crippen molar-refractivity contribution in [3.63, 3.8) is 0 Å². The van der Waals surface area contributed by atoms with Gasteiger partial charge in [-0.2, -0.15) is 8.42 Å². The van der Waals surface area contributed by atoms with Crippen molar-refractivity contribution in [1.29, 1.82) is 0 Å². The van der Waals surface area contributed by atoms with Crippen molar-refractivity contribution >= 4 is 10.4 Å². The molecular weight excluding hydrogens is 204 g/mol. The zero-order chi connectivity index (χ0) is 10.4. The van der Waals surface area contributed by atoms with Crippen LogP contribution < -0.4 is 0 Å². The van der Waals surface area contributed by atoms with Gasteiger partial charge in [-0.3, -0.25) is 0 Å². The van der Waals surface area contributed by atoms with Gasteiger partial charge in [-0.15, -0.1) is 0 Å². The van der Waals surface area contributed by atoms with E-state index < -0.39 is 16.0 Å². The fourth-order valence-electron chi connectivity index (χ4n) is 3.61. The van der Waals surface area contributed by atoms with E-state index in [1.54, 1.807) is 0 Å². The standard InChI is InChI=1S/C9H14O4S/c1-8(2)5-4-6-9(3,7(5)8)13-14(10,11)12-6/h5-7H,4H2,1-3H3. The molecule has 0 spiro atoms. The van der Waals surface area contributed by atoms with E-state index in [2.05, 4.69) is 13.8 Å². The van der Waals surface area contributed by atoms with Crippen LogP contribution in [0, 0.1) is 17.3 Å². The molecule has 4 atom stereocenters. The molecule has 0 bridgehead atoms. The highest BCUT2D eigenvalue weighted by atomic mass is 32.3. The maximum absolute atomic E-state index is 11.2. The van der Waals surface area contributed by atoms with Gasteiger partial charge in [0, 0.05) is 5.92 Å². The van der Waals surface area contributed by atoms with Crippen LogP contribution in [0.2, 0.25) is 0 Å². The third kappa shape index (κ3) is 0.840. The summed E-state index contributed by atoms with van der Waals surface area (Å²) in [5.74, 6) is 0.894. The SMILES string of the molecule is CC1(C)C2CC3OS(=O)(=O)OC3(C)C21. The van der Waals surface area contributed by atoms with Crippen molar-refractivity contribution in [2.24, 2.45) is 17.3 Å². The van der Waals surface area contributed by atoms with Crippen LogP contribution >= 0.6 is 0 Å². The Morgan fingerprint density at radius 2 is 1.93 bits per heavy atom. The Hall–Kier alpha value is -0.130. The van der Waals surface area contributed by atoms with Gasteiger partial charge in [0.2, 0.25) is 0 Å². The van der Waals surface area contributed by atoms with Crippen molar-refractivity contribution in [3.05, 3.63) is 0 Å². The maximum Gasteiger partial charge on any atom is 0.400 e. The average Bonchev–Trinajstić information content (AvgIpc) is 2.25. The summed E-state index contributed by atoms with van der Waals surface area (Å²) >= 11 is 0. The Labute approximate surface area is 83.9 Å². The van der Waals surface area contributed by atoms with Crippen LogP contribution in [0.5, 0.6) is 0 Å². The predicted octanol–water partition coefficient (Wildman–Crippen LogP) is 1.08. The summed E-state index contributed by atoms with van der Waals surface area (Å²) < 4.78 is 32.4. The second-order valence-corrected chi connectivity index (χ2v) is 6.58. The highest BCUT2D eigenvalue weighted by Gasteiger charge is 2.77. The van der Waals surface area contributed by atoms with E-state index >= 15 is 0 Å². The molecule has 0 aromatic heterocycles. The summed E-state index contributed by atoms with van der Waals surface area (Å²) in [6.45, 7) is 6.19. The average molecular weight is 218 g/mol. The Morgan fingerprint density at radius 1 is 1.29 bits per heavy atom. The number of fused-ring (bicyclic) bond motifs is 3. The molecule has 80 valence electrons. The minimum Gasteiger partial charge on any atom is -0.242 e. The molecule has 0 amide bonds. The van der Waals surface area contributed by atoms with E-state index in [-0.39, 0.29) is 11.5 Å². The normalized spacial score (nSPS) is 56.6. The van der Waals surface area contributed by atoms with Gasteiger partial charge in [-0.05, 0) is 24.7 Å². The smallest absolute Gasteiger partial charge is 0.242 e. The molecule has 4 nitrogen and oxygen atoms in total. The molecular formula is C9H14O4S. The molecule has 14 heavy (non-hydrogen) atoms. The molecule has 0 N–H and O–H groups in total. The highest BCUT2D eigenvalue weighted by Crippen LogP contribution is 2.73. The summed E-state index contributed by atoms with van der Waals surface area (Å²) in [5.41, 5.74) is -0.387. The zero-order valence-electron chi connectivity index (χ0n) is 8.48. The predicted molar refractivity (Wildman–Crippen MR) is 48.7 cm³/mol. The Kier molecular flexibility index (Phi) is 1.32. The molecule has 1 saturated heterocycles. The number of rotatable bonds is 0. The first-order valence-electron chi connectivity index (χ1n) is 4.91. The first kappa shape index (κ1) is 9.12. The minimum absolute atomic E-state index is 0.217. The summed E-state index contributed by atoms with van der Waals surface area (Å²) in [7, 11) is -3.72. The lowest BCUT2D eigenvalue weighted by Gasteiger charge is -2.25. The third-order valence-electron chi connectivity index (χ3n) is 4.29. The molecule has 0 aromatic carbocycles. The fraction of sp³-hybridized carbons (Fsp3) is 1.00. The van der Waals surface area contributed by atoms with E-state index in [1.807, 2.05) is 6.92 Å². The van der Waals surface area contributed by atoms with E-state index in [9.17, 15) is 8.42 Å². The van der Waals surface area contributed by atoms with Gasteiger partial charge in [-0.25, -0.2) is 8.37 Å². The van der Waals surface area contributed by atoms with Crippen molar-refractivity contribution in [2.45, 2.75) is 38.9 Å². The summed E-state index contributed by atoms with van der Waals surface area (Å²) in [4.78, 5) is 0. The van der Waals surface area contributed by atoms with E-state index in [0.717, 1.165) is 6.42 Å². The van der Waals surface area contributed by atoms with Gasteiger partial charge < -0.3 is 0 Å². The Morgan fingerprint density at radius 3 is 2.57 bits per heavy atom. The highest BCUT2D eigenvalue weighted by molar-refractivity contribution is 7.82. The van der Waals surface area contributed by atoms with E-state index in [1.165, 1.54) is 0 Å². The summed E-state index contributed by atoms with van der Waals surface area (Å²) in [6, 6.07) is 0. The minimum atomic E-state index is -3.72. The molecule has 3 rings (SSSR count). The lowest BCUT2D eigenvalue weighted by Crippen LogP contribution is -2.37. The molecule has 0 radical (unpaired) electrons. The number of hydrogen-bond donors (Lipinski definition) is 0. The molecule has 5 heteroatoms. The first-order valence-corrected chi connectivity index (χ1v) is 6.24. The van der Waals surface area contributed by atoms with Gasteiger partial charge in [-0.1, -0.05) is 13.8 Å².